The van der Waals surface area contributed by atoms with Crippen molar-refractivity contribution < 1.29 is 0 Å². The van der Waals surface area contributed by atoms with E-state index in [-0.39, 0.29) is 0 Å². The van der Waals surface area contributed by atoms with Crippen LogP contribution in [0.15, 0.2) is 0 Å². The van der Waals surface area contributed by atoms with Crippen LogP contribution in [0, 0.1) is 5.92 Å². The van der Waals surface area contributed by atoms with E-state index < -0.39 is 0 Å². The molecule has 0 spiro atoms. The van der Waals surface area contributed by atoms with Gasteiger partial charge in [-0.15, -0.1) is 0 Å². The average Bonchev–Trinajstić information content (AvgIpc) is 2.90. The van der Waals surface area contributed by atoms with E-state index in [0.29, 0.717) is 0 Å². The molecule has 0 aromatic carbocycles. The summed E-state index contributed by atoms with van der Waals surface area (Å²) < 4.78 is 0. The molecule has 0 aromatic rings. The van der Waals surface area contributed by atoms with E-state index in [4.69, 9.17) is 0 Å². The van der Waals surface area contributed by atoms with Crippen LogP contribution in [0.5, 0.6) is 0 Å². The molecule has 12 heavy (non-hydrogen) atoms. The van der Waals surface area contributed by atoms with Gasteiger partial charge in [0.2, 0.25) is 0 Å². The predicted octanol–water partition coefficient (Wildman–Crippen LogP) is 2.95. The van der Waals surface area contributed by atoms with Crippen molar-refractivity contribution in [3.8, 4) is 0 Å². The fourth-order valence-electron chi connectivity index (χ4n) is 1.91. The second kappa shape index (κ2) is 4.86. The van der Waals surface area contributed by atoms with Crippen LogP contribution in [0.2, 0.25) is 0 Å². The summed E-state index contributed by atoms with van der Waals surface area (Å²) in [4.78, 5) is 0. The van der Waals surface area contributed by atoms with Gasteiger partial charge in [0.25, 0.3) is 0 Å². The Bertz CT molecular complexity index is 114. The molecule has 72 valence electrons. The molecule has 1 aliphatic rings. The maximum atomic E-state index is 3.77. The van der Waals surface area contributed by atoms with Crippen molar-refractivity contribution in [2.45, 2.75) is 65.0 Å². The standard InChI is InChI=1S/C11H23N/c1-4-10(5-2)12-11(6-3)9-7-8-9/h9-12H,4-8H2,1-3H3. The Morgan fingerprint density at radius 3 is 2.00 bits per heavy atom. The zero-order valence-electron chi connectivity index (χ0n) is 8.77. The molecule has 1 heteroatoms. The van der Waals surface area contributed by atoms with Crippen molar-refractivity contribution in [2.24, 2.45) is 5.92 Å². The topological polar surface area (TPSA) is 12.0 Å². The van der Waals surface area contributed by atoms with Crippen LogP contribution < -0.4 is 5.32 Å². The molecular formula is C11H23N. The Hall–Kier alpha value is -0.0400. The first-order valence-electron chi connectivity index (χ1n) is 5.57. The minimum Gasteiger partial charge on any atom is -0.311 e. The third kappa shape index (κ3) is 2.78. The van der Waals surface area contributed by atoms with E-state index in [1.165, 1.54) is 32.1 Å². The Labute approximate surface area is 76.9 Å². The molecule has 0 amide bonds. The summed E-state index contributed by atoms with van der Waals surface area (Å²) in [5.41, 5.74) is 0. The zero-order valence-corrected chi connectivity index (χ0v) is 8.77. The quantitative estimate of drug-likeness (QED) is 0.644. The lowest BCUT2D eigenvalue weighted by molar-refractivity contribution is 0.370. The lowest BCUT2D eigenvalue weighted by Gasteiger charge is -2.22. The number of nitrogens with one attached hydrogen (secondary N) is 1. The summed E-state index contributed by atoms with van der Waals surface area (Å²) in [5.74, 6) is 1.01. The van der Waals surface area contributed by atoms with Crippen molar-refractivity contribution in [3.05, 3.63) is 0 Å². The molecule has 1 N–H and O–H groups in total. The third-order valence-electron chi connectivity index (χ3n) is 3.07. The number of hydrogen-bond acceptors (Lipinski definition) is 1. The van der Waals surface area contributed by atoms with Gasteiger partial charge >= 0.3 is 0 Å². The molecule has 1 atom stereocenters. The van der Waals surface area contributed by atoms with Crippen LogP contribution in [0.3, 0.4) is 0 Å². The summed E-state index contributed by atoms with van der Waals surface area (Å²) >= 11 is 0. The van der Waals surface area contributed by atoms with Crippen LogP contribution in [-0.4, -0.2) is 12.1 Å². The molecule has 1 saturated carbocycles. The first-order valence-corrected chi connectivity index (χ1v) is 5.57. The second-order valence-electron chi connectivity index (χ2n) is 4.03. The highest BCUT2D eigenvalue weighted by Crippen LogP contribution is 2.34. The summed E-state index contributed by atoms with van der Waals surface area (Å²) in [5, 5.41) is 3.77. The average molecular weight is 169 g/mol. The van der Waals surface area contributed by atoms with Gasteiger partial charge in [-0.05, 0) is 38.0 Å². The maximum absolute atomic E-state index is 3.77. The van der Waals surface area contributed by atoms with Crippen LogP contribution in [0.25, 0.3) is 0 Å². The summed E-state index contributed by atoms with van der Waals surface area (Å²) in [6.45, 7) is 6.86. The molecule has 0 heterocycles. The minimum atomic E-state index is 0.760. The fraction of sp³-hybridized carbons (Fsp3) is 1.00. The van der Waals surface area contributed by atoms with Crippen LogP contribution in [0.4, 0.5) is 0 Å². The Kier molecular flexibility index (Phi) is 4.07. The Morgan fingerprint density at radius 1 is 1.08 bits per heavy atom. The highest BCUT2D eigenvalue weighted by molar-refractivity contribution is 4.87. The lowest BCUT2D eigenvalue weighted by Crippen LogP contribution is -2.38. The highest BCUT2D eigenvalue weighted by Gasteiger charge is 2.30. The van der Waals surface area contributed by atoms with Gasteiger partial charge < -0.3 is 5.32 Å². The van der Waals surface area contributed by atoms with Gasteiger partial charge in [-0.2, -0.15) is 0 Å². The first kappa shape index (κ1) is 10.0. The van der Waals surface area contributed by atoms with Crippen molar-refractivity contribution in [2.75, 3.05) is 0 Å². The van der Waals surface area contributed by atoms with Crippen molar-refractivity contribution >= 4 is 0 Å². The van der Waals surface area contributed by atoms with Gasteiger partial charge in [0.05, 0.1) is 0 Å². The SMILES string of the molecule is CCC(CC)NC(CC)C1CC1. The molecule has 1 rings (SSSR count). The van der Waals surface area contributed by atoms with Crippen molar-refractivity contribution in [3.63, 3.8) is 0 Å². The van der Waals surface area contributed by atoms with E-state index in [9.17, 15) is 0 Å². The molecule has 1 unspecified atom stereocenters. The maximum Gasteiger partial charge on any atom is 0.00952 e. The van der Waals surface area contributed by atoms with E-state index in [0.717, 1.165) is 18.0 Å². The zero-order chi connectivity index (χ0) is 8.97. The molecule has 0 aromatic heterocycles. The molecule has 0 bridgehead atoms. The molecule has 1 aliphatic carbocycles. The number of rotatable bonds is 6. The molecular weight excluding hydrogens is 146 g/mol. The molecule has 0 aliphatic heterocycles. The van der Waals surface area contributed by atoms with Gasteiger partial charge in [-0.25, -0.2) is 0 Å². The molecule has 0 radical (unpaired) electrons. The van der Waals surface area contributed by atoms with Gasteiger partial charge in [0.1, 0.15) is 0 Å². The van der Waals surface area contributed by atoms with Gasteiger partial charge in [0, 0.05) is 12.1 Å². The first-order chi connectivity index (χ1) is 5.81. The second-order valence-corrected chi connectivity index (χ2v) is 4.03. The fourth-order valence-corrected chi connectivity index (χ4v) is 1.91. The molecule has 1 fully saturated rings. The van der Waals surface area contributed by atoms with Gasteiger partial charge in [-0.1, -0.05) is 20.8 Å². The summed E-state index contributed by atoms with van der Waals surface area (Å²) in [6.07, 6.45) is 6.79. The smallest absolute Gasteiger partial charge is 0.00952 e. The van der Waals surface area contributed by atoms with E-state index in [1.807, 2.05) is 0 Å². The van der Waals surface area contributed by atoms with Crippen LogP contribution >= 0.6 is 0 Å². The normalized spacial score (nSPS) is 20.0. The summed E-state index contributed by atoms with van der Waals surface area (Å²) in [6, 6.07) is 1.57. The Morgan fingerprint density at radius 2 is 1.67 bits per heavy atom. The third-order valence-corrected chi connectivity index (χ3v) is 3.07. The van der Waals surface area contributed by atoms with E-state index >= 15 is 0 Å². The van der Waals surface area contributed by atoms with Gasteiger partial charge in [-0.3, -0.25) is 0 Å². The summed E-state index contributed by atoms with van der Waals surface area (Å²) in [7, 11) is 0. The largest absolute Gasteiger partial charge is 0.311 e. The Balaban J connectivity index is 2.24. The van der Waals surface area contributed by atoms with Crippen LogP contribution in [-0.2, 0) is 0 Å². The van der Waals surface area contributed by atoms with Crippen LogP contribution in [0.1, 0.15) is 52.9 Å². The minimum absolute atomic E-state index is 0.760. The van der Waals surface area contributed by atoms with Gasteiger partial charge in [0.15, 0.2) is 0 Å². The highest BCUT2D eigenvalue weighted by atomic mass is 15.0. The van der Waals surface area contributed by atoms with Crippen molar-refractivity contribution in [1.29, 1.82) is 0 Å². The lowest BCUT2D eigenvalue weighted by atomic mass is 10.1. The molecule has 1 nitrogen and oxygen atoms in total. The van der Waals surface area contributed by atoms with Crippen molar-refractivity contribution in [1.82, 2.24) is 5.32 Å². The number of hydrogen-bond donors (Lipinski definition) is 1. The monoisotopic (exact) mass is 169 g/mol. The molecule has 0 saturated heterocycles. The van der Waals surface area contributed by atoms with E-state index in [2.05, 4.69) is 26.1 Å². The van der Waals surface area contributed by atoms with E-state index in [1.54, 1.807) is 0 Å². The predicted molar refractivity (Wildman–Crippen MR) is 54.3 cm³/mol.